The van der Waals surface area contributed by atoms with Gasteiger partial charge in [-0.25, -0.2) is 9.97 Å². The number of hydrogen-bond acceptors (Lipinski definition) is 6. The minimum Gasteiger partial charge on any atom is -0.364 e. The third-order valence-corrected chi connectivity index (χ3v) is 3.81. The normalized spacial score (nSPS) is 11.9. The van der Waals surface area contributed by atoms with Crippen molar-refractivity contribution in [3.8, 4) is 0 Å². The molecule has 0 radical (unpaired) electrons. The van der Waals surface area contributed by atoms with E-state index in [4.69, 9.17) is 11.5 Å². The zero-order valence-electron chi connectivity index (χ0n) is 16.0. The molecule has 27 heavy (non-hydrogen) atoms. The van der Waals surface area contributed by atoms with Gasteiger partial charge in [0.1, 0.15) is 5.82 Å². The number of hydrogen-bond donors (Lipinski definition) is 4. The SMILES string of the molecule is Cc1cc(C)nc(Nc2cc(NC(=O)C(N)CC(C)C)cnc2C(N)=O)c1. The zero-order valence-corrected chi connectivity index (χ0v) is 16.0. The molecule has 6 N–H and O–H groups in total. The van der Waals surface area contributed by atoms with Gasteiger partial charge in [-0.05, 0) is 49.9 Å². The lowest BCUT2D eigenvalue weighted by atomic mass is 10.0. The lowest BCUT2D eigenvalue weighted by Gasteiger charge is -2.16. The van der Waals surface area contributed by atoms with Gasteiger partial charge in [-0.15, -0.1) is 0 Å². The highest BCUT2D eigenvalue weighted by Crippen LogP contribution is 2.23. The van der Waals surface area contributed by atoms with Crippen LogP contribution in [0.15, 0.2) is 24.4 Å². The lowest BCUT2D eigenvalue weighted by molar-refractivity contribution is -0.117. The largest absolute Gasteiger partial charge is 0.364 e. The van der Waals surface area contributed by atoms with Gasteiger partial charge in [0.05, 0.1) is 23.6 Å². The van der Waals surface area contributed by atoms with Crippen molar-refractivity contribution in [3.05, 3.63) is 41.3 Å². The number of nitrogens with zero attached hydrogens (tertiary/aromatic N) is 2. The van der Waals surface area contributed by atoms with Crippen LogP contribution in [0.25, 0.3) is 0 Å². The summed E-state index contributed by atoms with van der Waals surface area (Å²) in [6.07, 6.45) is 1.94. The fourth-order valence-electron chi connectivity index (χ4n) is 2.72. The second-order valence-corrected chi connectivity index (χ2v) is 7.01. The van der Waals surface area contributed by atoms with E-state index in [0.717, 1.165) is 11.3 Å². The molecule has 2 rings (SSSR count). The minimum absolute atomic E-state index is 0.0560. The molecular formula is C19H26N6O2. The summed E-state index contributed by atoms with van der Waals surface area (Å²) < 4.78 is 0. The van der Waals surface area contributed by atoms with Crippen molar-refractivity contribution in [1.29, 1.82) is 0 Å². The Bertz CT molecular complexity index is 830. The van der Waals surface area contributed by atoms with Crippen molar-refractivity contribution in [2.45, 2.75) is 40.2 Å². The topological polar surface area (TPSA) is 136 Å². The Balaban J connectivity index is 2.28. The summed E-state index contributed by atoms with van der Waals surface area (Å²) in [4.78, 5) is 32.4. The molecular weight excluding hydrogens is 344 g/mol. The Morgan fingerprint density at radius 2 is 1.89 bits per heavy atom. The number of aromatic nitrogens is 2. The van der Waals surface area contributed by atoms with Crippen LogP contribution < -0.4 is 22.1 Å². The summed E-state index contributed by atoms with van der Waals surface area (Å²) in [5.74, 6) is -0.144. The van der Waals surface area contributed by atoms with Gasteiger partial charge >= 0.3 is 0 Å². The van der Waals surface area contributed by atoms with Crippen LogP contribution in [0.3, 0.4) is 0 Å². The Kier molecular flexibility index (Phi) is 6.46. The Morgan fingerprint density at radius 1 is 1.19 bits per heavy atom. The van der Waals surface area contributed by atoms with Gasteiger partial charge < -0.3 is 22.1 Å². The molecule has 0 aliphatic carbocycles. The van der Waals surface area contributed by atoms with Crippen molar-refractivity contribution in [3.63, 3.8) is 0 Å². The van der Waals surface area contributed by atoms with Crippen molar-refractivity contribution in [2.24, 2.45) is 17.4 Å². The average Bonchev–Trinajstić information content (AvgIpc) is 2.53. The van der Waals surface area contributed by atoms with Gasteiger partial charge in [0.15, 0.2) is 5.69 Å². The van der Waals surface area contributed by atoms with E-state index in [1.165, 1.54) is 6.20 Å². The third kappa shape index (κ3) is 5.75. The van der Waals surface area contributed by atoms with Crippen LogP contribution in [0.5, 0.6) is 0 Å². The maximum Gasteiger partial charge on any atom is 0.269 e. The van der Waals surface area contributed by atoms with Gasteiger partial charge in [-0.3, -0.25) is 9.59 Å². The van der Waals surface area contributed by atoms with Gasteiger partial charge in [-0.1, -0.05) is 13.8 Å². The molecule has 0 saturated heterocycles. The molecule has 0 aliphatic heterocycles. The standard InChI is InChI=1S/C19H26N6O2/c1-10(2)5-14(20)19(27)24-13-8-15(17(18(21)26)22-9-13)25-16-7-11(3)6-12(4)23-16/h6-10,14H,5,20H2,1-4H3,(H2,21,26)(H,23,25)(H,24,27). The van der Waals surface area contributed by atoms with Crippen LogP contribution in [0.1, 0.15) is 42.0 Å². The number of pyridine rings is 2. The van der Waals surface area contributed by atoms with E-state index in [9.17, 15) is 9.59 Å². The van der Waals surface area contributed by atoms with E-state index >= 15 is 0 Å². The van der Waals surface area contributed by atoms with Crippen molar-refractivity contribution < 1.29 is 9.59 Å². The molecule has 1 atom stereocenters. The minimum atomic E-state index is -0.684. The van der Waals surface area contributed by atoms with Crippen LogP contribution in [0.4, 0.5) is 17.2 Å². The van der Waals surface area contributed by atoms with Crippen molar-refractivity contribution in [2.75, 3.05) is 10.6 Å². The number of anilines is 3. The van der Waals surface area contributed by atoms with Crippen LogP contribution >= 0.6 is 0 Å². The van der Waals surface area contributed by atoms with Gasteiger partial charge in [-0.2, -0.15) is 0 Å². The van der Waals surface area contributed by atoms with Crippen LogP contribution in [-0.4, -0.2) is 27.8 Å². The molecule has 8 heteroatoms. The maximum absolute atomic E-state index is 12.2. The van der Waals surface area contributed by atoms with Crippen molar-refractivity contribution >= 4 is 29.0 Å². The summed E-state index contributed by atoms with van der Waals surface area (Å²) in [6, 6.07) is 4.73. The van der Waals surface area contributed by atoms with E-state index in [-0.39, 0.29) is 11.6 Å². The number of carbonyl (C=O) groups excluding carboxylic acids is 2. The number of primary amides is 1. The summed E-state index contributed by atoms with van der Waals surface area (Å²) in [5.41, 5.74) is 14.0. The first-order valence-electron chi connectivity index (χ1n) is 8.74. The number of nitrogens with two attached hydrogens (primary N) is 2. The van der Waals surface area contributed by atoms with E-state index in [0.29, 0.717) is 29.5 Å². The molecule has 0 spiro atoms. The Morgan fingerprint density at radius 3 is 2.48 bits per heavy atom. The summed E-state index contributed by atoms with van der Waals surface area (Å²) in [5, 5.41) is 5.78. The van der Waals surface area contributed by atoms with Crippen molar-refractivity contribution in [1.82, 2.24) is 9.97 Å². The summed E-state index contributed by atoms with van der Waals surface area (Å²) >= 11 is 0. The van der Waals surface area contributed by atoms with E-state index < -0.39 is 11.9 Å². The quantitative estimate of drug-likeness (QED) is 0.590. The molecule has 2 aromatic heterocycles. The molecule has 2 amide bonds. The Labute approximate surface area is 158 Å². The maximum atomic E-state index is 12.2. The van der Waals surface area contributed by atoms with Crippen LogP contribution in [0, 0.1) is 19.8 Å². The first-order chi connectivity index (χ1) is 12.7. The molecule has 0 bridgehead atoms. The predicted molar refractivity (Wildman–Crippen MR) is 106 cm³/mol. The van der Waals surface area contributed by atoms with Crippen LogP contribution in [-0.2, 0) is 4.79 Å². The first kappa shape index (κ1) is 20.3. The third-order valence-electron chi connectivity index (χ3n) is 3.81. The fraction of sp³-hybridized carbons (Fsp3) is 0.368. The van der Waals surface area contributed by atoms with Gasteiger partial charge in [0.2, 0.25) is 5.91 Å². The number of rotatable bonds is 7. The fourth-order valence-corrected chi connectivity index (χ4v) is 2.72. The highest BCUT2D eigenvalue weighted by Gasteiger charge is 2.17. The van der Waals surface area contributed by atoms with Gasteiger partial charge in [0, 0.05) is 5.69 Å². The smallest absolute Gasteiger partial charge is 0.269 e. The molecule has 0 saturated carbocycles. The molecule has 0 fully saturated rings. The van der Waals surface area contributed by atoms with E-state index in [1.54, 1.807) is 6.07 Å². The highest BCUT2D eigenvalue weighted by atomic mass is 16.2. The molecule has 2 heterocycles. The zero-order chi connectivity index (χ0) is 20.1. The second-order valence-electron chi connectivity index (χ2n) is 7.01. The number of carbonyl (C=O) groups is 2. The van der Waals surface area contributed by atoms with E-state index in [1.807, 2.05) is 39.8 Å². The Hall–Kier alpha value is -3.00. The summed E-state index contributed by atoms with van der Waals surface area (Å²) in [6.45, 7) is 7.81. The average molecular weight is 370 g/mol. The molecule has 0 aliphatic rings. The number of aryl methyl sites for hydroxylation is 2. The first-order valence-corrected chi connectivity index (χ1v) is 8.74. The molecule has 0 aromatic carbocycles. The van der Waals surface area contributed by atoms with E-state index in [2.05, 4.69) is 20.6 Å². The highest BCUT2D eigenvalue weighted by molar-refractivity contribution is 5.99. The molecule has 1 unspecified atom stereocenters. The lowest BCUT2D eigenvalue weighted by Crippen LogP contribution is -2.36. The monoisotopic (exact) mass is 370 g/mol. The number of amides is 2. The second kappa shape index (κ2) is 8.59. The molecule has 144 valence electrons. The molecule has 2 aromatic rings. The summed E-state index contributed by atoms with van der Waals surface area (Å²) in [7, 11) is 0. The number of nitrogens with one attached hydrogen (secondary N) is 2. The van der Waals surface area contributed by atoms with Gasteiger partial charge in [0.25, 0.3) is 5.91 Å². The van der Waals surface area contributed by atoms with Crippen LogP contribution in [0.2, 0.25) is 0 Å². The predicted octanol–water partition coefficient (Wildman–Crippen LogP) is 2.25. The molecule has 8 nitrogen and oxygen atoms in total.